The number of nitrogens with one attached hydrogen (secondary N) is 3. The van der Waals surface area contributed by atoms with Gasteiger partial charge in [0.1, 0.15) is 11.5 Å². The van der Waals surface area contributed by atoms with E-state index < -0.39 is 0 Å². The van der Waals surface area contributed by atoms with Crippen LogP contribution < -0.4 is 10.6 Å². The van der Waals surface area contributed by atoms with Crippen LogP contribution in [0.1, 0.15) is 30.5 Å². The molecule has 0 aliphatic heterocycles. The van der Waals surface area contributed by atoms with Crippen molar-refractivity contribution in [3.05, 3.63) is 46.4 Å². The minimum Gasteiger partial charge on any atom is -0.378 e. The lowest BCUT2D eigenvalue weighted by Gasteiger charge is -2.06. The van der Waals surface area contributed by atoms with Gasteiger partial charge in [-0.2, -0.15) is 0 Å². The standard InChI is InChI=1S/C17H19ClN4O2/c1-3-17(23)20-8-12-5-11-6-14(18)16(7-15(11)21-12)19-9-13-4-10(2)24-22-13/h4-7,19,21H,3,8-9H2,1-2H3,(H,20,23). The first-order valence-electron chi connectivity index (χ1n) is 7.79. The van der Waals surface area contributed by atoms with E-state index in [4.69, 9.17) is 16.1 Å². The molecule has 1 amide bonds. The number of aromatic nitrogens is 2. The second-order valence-electron chi connectivity index (χ2n) is 5.63. The second-order valence-corrected chi connectivity index (χ2v) is 6.03. The quantitative estimate of drug-likeness (QED) is 0.634. The lowest BCUT2D eigenvalue weighted by Crippen LogP contribution is -2.21. The Bertz CT molecular complexity index is 869. The van der Waals surface area contributed by atoms with E-state index in [2.05, 4.69) is 20.8 Å². The highest BCUT2D eigenvalue weighted by Crippen LogP contribution is 2.29. The zero-order chi connectivity index (χ0) is 17.1. The molecule has 24 heavy (non-hydrogen) atoms. The van der Waals surface area contributed by atoms with Crippen molar-refractivity contribution >= 4 is 34.1 Å². The molecule has 3 N–H and O–H groups in total. The molecule has 0 aliphatic rings. The summed E-state index contributed by atoms with van der Waals surface area (Å²) in [6.45, 7) is 4.69. The number of benzene rings is 1. The number of aryl methyl sites for hydroxylation is 1. The fourth-order valence-electron chi connectivity index (χ4n) is 2.45. The van der Waals surface area contributed by atoms with Crippen LogP contribution in [0.3, 0.4) is 0 Å². The predicted octanol–water partition coefficient (Wildman–Crippen LogP) is 3.76. The van der Waals surface area contributed by atoms with E-state index in [1.807, 2.05) is 38.1 Å². The SMILES string of the molecule is CCC(=O)NCc1cc2cc(Cl)c(NCc3cc(C)on3)cc2[nH]1. The van der Waals surface area contributed by atoms with Crippen LogP contribution in [0.4, 0.5) is 5.69 Å². The first-order valence-corrected chi connectivity index (χ1v) is 8.17. The zero-order valence-corrected chi connectivity index (χ0v) is 14.3. The van der Waals surface area contributed by atoms with Crippen molar-refractivity contribution in [3.63, 3.8) is 0 Å². The summed E-state index contributed by atoms with van der Waals surface area (Å²) in [7, 11) is 0. The van der Waals surface area contributed by atoms with Crippen LogP contribution in [0, 0.1) is 6.92 Å². The molecule has 2 aromatic heterocycles. The van der Waals surface area contributed by atoms with Crippen molar-refractivity contribution in [1.29, 1.82) is 0 Å². The monoisotopic (exact) mass is 346 g/mol. The Morgan fingerprint density at radius 2 is 2.12 bits per heavy atom. The third-order valence-corrected chi connectivity index (χ3v) is 4.01. The summed E-state index contributed by atoms with van der Waals surface area (Å²) in [5.41, 5.74) is 3.53. The van der Waals surface area contributed by atoms with Gasteiger partial charge in [0.2, 0.25) is 5.91 Å². The number of amides is 1. The van der Waals surface area contributed by atoms with Crippen molar-refractivity contribution in [2.45, 2.75) is 33.4 Å². The smallest absolute Gasteiger partial charge is 0.220 e. The van der Waals surface area contributed by atoms with Crippen molar-refractivity contribution in [3.8, 4) is 0 Å². The number of hydrogen-bond acceptors (Lipinski definition) is 4. The average Bonchev–Trinajstić information content (AvgIpc) is 3.15. The molecule has 7 heteroatoms. The number of H-pyrrole nitrogens is 1. The molecule has 0 unspecified atom stereocenters. The van der Waals surface area contributed by atoms with Gasteiger partial charge in [-0.05, 0) is 25.1 Å². The Hall–Kier alpha value is -2.47. The van der Waals surface area contributed by atoms with E-state index in [0.717, 1.165) is 33.7 Å². The molecule has 3 aromatic rings. The minimum atomic E-state index is 0.0250. The third kappa shape index (κ3) is 3.71. The molecule has 0 aliphatic carbocycles. The van der Waals surface area contributed by atoms with Crippen LogP contribution in [-0.4, -0.2) is 16.0 Å². The Morgan fingerprint density at radius 3 is 2.83 bits per heavy atom. The molecule has 0 atom stereocenters. The molecule has 0 bridgehead atoms. The molecule has 2 heterocycles. The summed E-state index contributed by atoms with van der Waals surface area (Å²) in [6.07, 6.45) is 0.474. The van der Waals surface area contributed by atoms with Crippen LogP contribution >= 0.6 is 11.6 Å². The van der Waals surface area contributed by atoms with Gasteiger partial charge >= 0.3 is 0 Å². The van der Waals surface area contributed by atoms with Gasteiger partial charge in [0, 0.05) is 29.1 Å². The molecule has 6 nitrogen and oxygen atoms in total. The largest absolute Gasteiger partial charge is 0.378 e. The van der Waals surface area contributed by atoms with Gasteiger partial charge in [-0.1, -0.05) is 23.7 Å². The van der Waals surface area contributed by atoms with E-state index in [-0.39, 0.29) is 5.91 Å². The van der Waals surface area contributed by atoms with Crippen LogP contribution in [0.2, 0.25) is 5.02 Å². The number of halogens is 1. The van der Waals surface area contributed by atoms with Crippen LogP contribution in [0.25, 0.3) is 10.9 Å². The average molecular weight is 347 g/mol. The van der Waals surface area contributed by atoms with Crippen molar-refractivity contribution < 1.29 is 9.32 Å². The van der Waals surface area contributed by atoms with Gasteiger partial charge in [-0.3, -0.25) is 4.79 Å². The van der Waals surface area contributed by atoms with Gasteiger partial charge in [-0.25, -0.2) is 0 Å². The van der Waals surface area contributed by atoms with Gasteiger partial charge in [0.25, 0.3) is 0 Å². The lowest BCUT2D eigenvalue weighted by atomic mass is 10.2. The first-order chi connectivity index (χ1) is 11.5. The second kappa shape index (κ2) is 6.97. The molecule has 0 saturated carbocycles. The van der Waals surface area contributed by atoms with E-state index in [1.54, 1.807) is 0 Å². The third-order valence-electron chi connectivity index (χ3n) is 3.70. The van der Waals surface area contributed by atoms with E-state index in [1.165, 1.54) is 0 Å². The van der Waals surface area contributed by atoms with Crippen LogP contribution in [0.5, 0.6) is 0 Å². The molecule has 3 rings (SSSR count). The zero-order valence-electron chi connectivity index (χ0n) is 13.6. The summed E-state index contributed by atoms with van der Waals surface area (Å²) >= 11 is 6.34. The summed E-state index contributed by atoms with van der Waals surface area (Å²) in [6, 6.07) is 7.72. The lowest BCUT2D eigenvalue weighted by molar-refractivity contribution is -0.120. The van der Waals surface area contributed by atoms with Crippen LogP contribution in [-0.2, 0) is 17.9 Å². The highest BCUT2D eigenvalue weighted by Gasteiger charge is 2.08. The number of carbonyl (C=O) groups excluding carboxylic acids is 1. The Kier molecular flexibility index (Phi) is 4.76. The maximum absolute atomic E-state index is 11.4. The molecule has 1 aromatic carbocycles. The fourth-order valence-corrected chi connectivity index (χ4v) is 2.69. The van der Waals surface area contributed by atoms with Gasteiger partial charge in [0.05, 0.1) is 23.8 Å². The first kappa shape index (κ1) is 16.4. The van der Waals surface area contributed by atoms with Crippen LogP contribution in [0.15, 0.2) is 28.8 Å². The van der Waals surface area contributed by atoms with E-state index in [9.17, 15) is 4.79 Å². The molecule has 126 valence electrons. The van der Waals surface area contributed by atoms with Crippen molar-refractivity contribution in [2.75, 3.05) is 5.32 Å². The number of nitrogens with zero attached hydrogens (tertiary/aromatic N) is 1. The highest BCUT2D eigenvalue weighted by molar-refractivity contribution is 6.34. The van der Waals surface area contributed by atoms with Gasteiger partial charge in [0.15, 0.2) is 0 Å². The van der Waals surface area contributed by atoms with E-state index in [0.29, 0.717) is 24.5 Å². The molecule has 0 fully saturated rings. The number of hydrogen-bond donors (Lipinski definition) is 3. The maximum Gasteiger partial charge on any atom is 0.220 e. The van der Waals surface area contributed by atoms with Gasteiger partial charge in [-0.15, -0.1) is 0 Å². The number of carbonyl (C=O) groups is 1. The van der Waals surface area contributed by atoms with E-state index >= 15 is 0 Å². The number of fused-ring (bicyclic) bond motifs is 1. The fraction of sp³-hybridized carbons (Fsp3) is 0.294. The highest BCUT2D eigenvalue weighted by atomic mass is 35.5. The summed E-state index contributed by atoms with van der Waals surface area (Å²) in [5, 5.41) is 11.7. The summed E-state index contributed by atoms with van der Waals surface area (Å²) in [5.74, 6) is 0.799. The molecule has 0 saturated heterocycles. The summed E-state index contributed by atoms with van der Waals surface area (Å²) < 4.78 is 5.05. The minimum absolute atomic E-state index is 0.0250. The van der Waals surface area contributed by atoms with Gasteiger partial charge < -0.3 is 20.1 Å². The Labute approximate surface area is 144 Å². The normalized spacial score (nSPS) is 11.0. The molecular formula is C17H19ClN4O2. The predicted molar refractivity (Wildman–Crippen MR) is 94.0 cm³/mol. The Balaban J connectivity index is 1.74. The number of rotatable bonds is 6. The molecule has 0 radical (unpaired) electrons. The maximum atomic E-state index is 11.4. The summed E-state index contributed by atoms with van der Waals surface area (Å²) in [4.78, 5) is 14.7. The Morgan fingerprint density at radius 1 is 1.29 bits per heavy atom. The topological polar surface area (TPSA) is 82.9 Å². The molecular weight excluding hydrogens is 328 g/mol. The number of anilines is 1. The van der Waals surface area contributed by atoms with Crippen molar-refractivity contribution in [1.82, 2.24) is 15.5 Å². The number of aromatic amines is 1. The molecule has 0 spiro atoms. The van der Waals surface area contributed by atoms with Crippen molar-refractivity contribution in [2.24, 2.45) is 0 Å².